The Morgan fingerprint density at radius 1 is 0.931 bits per heavy atom. The van der Waals surface area contributed by atoms with Crippen molar-refractivity contribution in [1.29, 1.82) is 0 Å². The summed E-state index contributed by atoms with van der Waals surface area (Å²) in [7, 11) is -3.66. The van der Waals surface area contributed by atoms with Crippen LogP contribution in [0.4, 0.5) is 11.4 Å². The summed E-state index contributed by atoms with van der Waals surface area (Å²) in [4.78, 5) is 12.8. The quantitative estimate of drug-likeness (QED) is 0.639. The lowest BCUT2D eigenvalue weighted by Crippen LogP contribution is -2.30. The summed E-state index contributed by atoms with van der Waals surface area (Å²) in [6, 6.07) is 20.7. The second-order valence-corrected chi connectivity index (χ2v) is 8.66. The SMILES string of the molecule is CCN(c1ccc(C(=O)Nc2ccc(C)cc2C)cc1)S(=O)(=O)c1ccccc1. The molecule has 0 saturated carbocycles. The Balaban J connectivity index is 1.82. The van der Waals surface area contributed by atoms with Gasteiger partial charge in [-0.3, -0.25) is 9.10 Å². The average molecular weight is 409 g/mol. The van der Waals surface area contributed by atoms with Crippen LogP contribution < -0.4 is 9.62 Å². The fourth-order valence-corrected chi connectivity index (χ4v) is 4.63. The molecule has 1 N–H and O–H groups in total. The Morgan fingerprint density at radius 3 is 2.17 bits per heavy atom. The van der Waals surface area contributed by atoms with Crippen LogP contribution in [0.2, 0.25) is 0 Å². The minimum Gasteiger partial charge on any atom is -0.322 e. The molecule has 3 aromatic rings. The van der Waals surface area contributed by atoms with Gasteiger partial charge in [-0.15, -0.1) is 0 Å². The lowest BCUT2D eigenvalue weighted by Gasteiger charge is -2.23. The van der Waals surface area contributed by atoms with Crippen molar-refractivity contribution < 1.29 is 13.2 Å². The van der Waals surface area contributed by atoms with E-state index in [4.69, 9.17) is 0 Å². The molecule has 0 saturated heterocycles. The number of anilines is 2. The van der Waals surface area contributed by atoms with Gasteiger partial charge in [-0.1, -0.05) is 35.9 Å². The number of aryl methyl sites for hydroxylation is 2. The summed E-state index contributed by atoms with van der Waals surface area (Å²) in [6.07, 6.45) is 0. The van der Waals surface area contributed by atoms with Gasteiger partial charge >= 0.3 is 0 Å². The van der Waals surface area contributed by atoms with Crippen LogP contribution in [-0.4, -0.2) is 20.9 Å². The first-order chi connectivity index (χ1) is 13.8. The van der Waals surface area contributed by atoms with Crippen molar-refractivity contribution in [2.45, 2.75) is 25.7 Å². The average Bonchev–Trinajstić information content (AvgIpc) is 2.71. The van der Waals surface area contributed by atoms with Crippen LogP contribution in [0.3, 0.4) is 0 Å². The summed E-state index contributed by atoms with van der Waals surface area (Å²) >= 11 is 0. The van der Waals surface area contributed by atoms with Crippen LogP contribution in [0.1, 0.15) is 28.4 Å². The van der Waals surface area contributed by atoms with E-state index in [0.717, 1.165) is 16.8 Å². The first-order valence-corrected chi connectivity index (χ1v) is 10.8. The van der Waals surface area contributed by atoms with Crippen molar-refractivity contribution in [1.82, 2.24) is 0 Å². The van der Waals surface area contributed by atoms with E-state index in [2.05, 4.69) is 5.32 Å². The minimum atomic E-state index is -3.66. The van der Waals surface area contributed by atoms with E-state index in [1.165, 1.54) is 4.31 Å². The van der Waals surface area contributed by atoms with Crippen molar-refractivity contribution in [3.63, 3.8) is 0 Å². The molecule has 0 aliphatic carbocycles. The van der Waals surface area contributed by atoms with Crippen molar-refractivity contribution in [3.05, 3.63) is 89.5 Å². The molecular formula is C23H24N2O3S. The Morgan fingerprint density at radius 2 is 1.59 bits per heavy atom. The highest BCUT2D eigenvalue weighted by Crippen LogP contribution is 2.24. The zero-order valence-electron chi connectivity index (χ0n) is 16.7. The molecule has 0 aliphatic heterocycles. The van der Waals surface area contributed by atoms with E-state index in [1.807, 2.05) is 32.0 Å². The van der Waals surface area contributed by atoms with E-state index < -0.39 is 10.0 Å². The van der Waals surface area contributed by atoms with Gasteiger partial charge in [-0.05, 0) is 68.8 Å². The van der Waals surface area contributed by atoms with Crippen LogP contribution in [-0.2, 0) is 10.0 Å². The first kappa shape index (κ1) is 20.6. The molecule has 5 nitrogen and oxygen atoms in total. The Bertz CT molecular complexity index is 1110. The molecule has 0 aromatic heterocycles. The maximum Gasteiger partial charge on any atom is 0.264 e. The predicted molar refractivity (Wildman–Crippen MR) is 117 cm³/mol. The Hall–Kier alpha value is -3.12. The molecule has 6 heteroatoms. The smallest absolute Gasteiger partial charge is 0.264 e. The van der Waals surface area contributed by atoms with Gasteiger partial charge in [0.15, 0.2) is 0 Å². The molecule has 0 aliphatic rings. The second kappa shape index (κ2) is 8.49. The molecule has 29 heavy (non-hydrogen) atoms. The molecule has 0 radical (unpaired) electrons. The van der Waals surface area contributed by atoms with Gasteiger partial charge in [0.2, 0.25) is 0 Å². The van der Waals surface area contributed by atoms with Crippen LogP contribution in [0, 0.1) is 13.8 Å². The number of carbonyl (C=O) groups excluding carboxylic acids is 1. The number of nitrogens with one attached hydrogen (secondary N) is 1. The van der Waals surface area contributed by atoms with Crippen LogP contribution >= 0.6 is 0 Å². The summed E-state index contributed by atoms with van der Waals surface area (Å²) in [6.45, 7) is 6.01. The third-order valence-electron chi connectivity index (χ3n) is 4.67. The zero-order chi connectivity index (χ0) is 21.0. The van der Waals surface area contributed by atoms with E-state index in [9.17, 15) is 13.2 Å². The predicted octanol–water partition coefficient (Wildman–Crippen LogP) is 4.77. The number of hydrogen-bond donors (Lipinski definition) is 1. The second-order valence-electron chi connectivity index (χ2n) is 6.80. The summed E-state index contributed by atoms with van der Waals surface area (Å²) in [5, 5.41) is 2.90. The zero-order valence-corrected chi connectivity index (χ0v) is 17.5. The van der Waals surface area contributed by atoms with Crippen molar-refractivity contribution in [2.24, 2.45) is 0 Å². The monoisotopic (exact) mass is 408 g/mol. The topological polar surface area (TPSA) is 66.5 Å². The number of nitrogens with zero attached hydrogens (tertiary/aromatic N) is 1. The van der Waals surface area contributed by atoms with Crippen molar-refractivity contribution >= 4 is 27.3 Å². The molecule has 3 aromatic carbocycles. The van der Waals surface area contributed by atoms with Crippen LogP contribution in [0.5, 0.6) is 0 Å². The highest BCUT2D eigenvalue weighted by Gasteiger charge is 2.23. The number of benzene rings is 3. The van der Waals surface area contributed by atoms with E-state index in [0.29, 0.717) is 11.3 Å². The fraction of sp³-hybridized carbons (Fsp3) is 0.174. The lowest BCUT2D eigenvalue weighted by atomic mass is 10.1. The summed E-state index contributed by atoms with van der Waals surface area (Å²) in [5.41, 5.74) is 3.85. The normalized spacial score (nSPS) is 11.1. The van der Waals surface area contributed by atoms with Gasteiger partial charge in [0.05, 0.1) is 10.6 Å². The first-order valence-electron chi connectivity index (χ1n) is 9.39. The molecule has 0 atom stereocenters. The molecule has 0 unspecified atom stereocenters. The molecule has 0 heterocycles. The highest BCUT2D eigenvalue weighted by atomic mass is 32.2. The Kier molecular flexibility index (Phi) is 6.03. The highest BCUT2D eigenvalue weighted by molar-refractivity contribution is 7.92. The molecule has 150 valence electrons. The number of carbonyl (C=O) groups is 1. The number of hydrogen-bond acceptors (Lipinski definition) is 3. The largest absolute Gasteiger partial charge is 0.322 e. The van der Waals surface area contributed by atoms with Crippen molar-refractivity contribution in [2.75, 3.05) is 16.2 Å². The third kappa shape index (κ3) is 4.49. The maximum atomic E-state index is 12.9. The lowest BCUT2D eigenvalue weighted by molar-refractivity contribution is 0.102. The summed E-state index contributed by atoms with van der Waals surface area (Å²) in [5.74, 6) is -0.238. The standard InChI is InChI=1S/C23H24N2O3S/c1-4-25(29(27,28)21-8-6-5-7-9-21)20-13-11-19(12-14-20)23(26)24-22-15-10-17(2)16-18(22)3/h5-16H,4H2,1-3H3,(H,24,26). The van der Waals surface area contributed by atoms with Gasteiger partial charge in [0.1, 0.15) is 0 Å². The molecule has 0 spiro atoms. The number of rotatable bonds is 6. The van der Waals surface area contributed by atoms with Crippen molar-refractivity contribution in [3.8, 4) is 0 Å². The maximum absolute atomic E-state index is 12.9. The van der Waals surface area contributed by atoms with E-state index in [1.54, 1.807) is 61.5 Å². The van der Waals surface area contributed by atoms with Gasteiger partial charge < -0.3 is 5.32 Å². The number of sulfonamides is 1. The fourth-order valence-electron chi connectivity index (χ4n) is 3.14. The van der Waals surface area contributed by atoms with Gasteiger partial charge in [-0.25, -0.2) is 8.42 Å². The van der Waals surface area contributed by atoms with E-state index in [-0.39, 0.29) is 17.3 Å². The van der Waals surface area contributed by atoms with Gasteiger partial charge in [0, 0.05) is 17.8 Å². The van der Waals surface area contributed by atoms with Crippen LogP contribution in [0.15, 0.2) is 77.7 Å². The van der Waals surface area contributed by atoms with Crippen LogP contribution in [0.25, 0.3) is 0 Å². The third-order valence-corrected chi connectivity index (χ3v) is 6.58. The minimum absolute atomic E-state index is 0.235. The molecule has 0 bridgehead atoms. The molecular weight excluding hydrogens is 384 g/mol. The number of amides is 1. The molecule has 1 amide bonds. The molecule has 0 fully saturated rings. The van der Waals surface area contributed by atoms with E-state index >= 15 is 0 Å². The van der Waals surface area contributed by atoms with Gasteiger partial charge in [-0.2, -0.15) is 0 Å². The summed E-state index contributed by atoms with van der Waals surface area (Å²) < 4.78 is 27.2. The van der Waals surface area contributed by atoms with Gasteiger partial charge in [0.25, 0.3) is 15.9 Å². The Labute approximate surface area is 172 Å². The molecule has 3 rings (SSSR count).